The van der Waals surface area contributed by atoms with E-state index in [0.717, 1.165) is 24.5 Å². The van der Waals surface area contributed by atoms with E-state index in [1.165, 1.54) is 12.8 Å². The molecule has 23 heavy (non-hydrogen) atoms. The molecule has 2 aromatic carbocycles. The topological polar surface area (TPSA) is 44.4 Å². The fourth-order valence-corrected chi connectivity index (χ4v) is 2.93. The van der Waals surface area contributed by atoms with E-state index in [2.05, 4.69) is 21.6 Å². The summed E-state index contributed by atoms with van der Waals surface area (Å²) in [6.07, 6.45) is 2.42. The third-order valence-electron chi connectivity index (χ3n) is 3.86. The van der Waals surface area contributed by atoms with Crippen molar-refractivity contribution in [3.05, 3.63) is 60.2 Å². The monoisotopic (exact) mass is 325 g/mol. The lowest BCUT2D eigenvalue weighted by Gasteiger charge is -2.22. The Morgan fingerprint density at radius 1 is 0.957 bits per heavy atom. The predicted molar refractivity (Wildman–Crippen MR) is 98.0 cm³/mol. The van der Waals surface area contributed by atoms with Crippen LogP contribution in [0.25, 0.3) is 0 Å². The van der Waals surface area contributed by atoms with Gasteiger partial charge in [0.05, 0.1) is 11.4 Å². The number of anilines is 2. The first-order valence-corrected chi connectivity index (χ1v) is 8.16. The molecule has 5 heteroatoms. The van der Waals surface area contributed by atoms with Crippen molar-refractivity contribution in [2.45, 2.75) is 12.8 Å². The standard InChI is InChI=1S/C18H19N3OS/c22-17(14-8-2-1-3-9-14)20-18(23)19-15-10-4-5-11-16(15)21-12-6-7-13-21/h1-5,8-11H,6-7,12-13H2,(H2,19,20,22,23). The number of para-hydroxylation sites is 2. The first kappa shape index (κ1) is 15.5. The van der Waals surface area contributed by atoms with Crippen molar-refractivity contribution in [3.63, 3.8) is 0 Å². The molecule has 1 amide bonds. The van der Waals surface area contributed by atoms with Crippen molar-refractivity contribution in [3.8, 4) is 0 Å². The fraction of sp³-hybridized carbons (Fsp3) is 0.222. The number of nitrogens with one attached hydrogen (secondary N) is 2. The summed E-state index contributed by atoms with van der Waals surface area (Å²) in [6.45, 7) is 2.11. The summed E-state index contributed by atoms with van der Waals surface area (Å²) >= 11 is 5.28. The lowest BCUT2D eigenvalue weighted by Crippen LogP contribution is -2.34. The quantitative estimate of drug-likeness (QED) is 0.849. The second-order valence-corrected chi connectivity index (χ2v) is 5.89. The van der Waals surface area contributed by atoms with Gasteiger partial charge in [0, 0.05) is 18.7 Å². The molecule has 2 aromatic rings. The van der Waals surface area contributed by atoms with Crippen molar-refractivity contribution in [2.24, 2.45) is 0 Å². The summed E-state index contributed by atoms with van der Waals surface area (Å²) in [7, 11) is 0. The molecule has 1 heterocycles. The Labute approximate surface area is 141 Å². The van der Waals surface area contributed by atoms with Crippen LogP contribution in [0.1, 0.15) is 23.2 Å². The van der Waals surface area contributed by atoms with Gasteiger partial charge in [-0.3, -0.25) is 10.1 Å². The van der Waals surface area contributed by atoms with Crippen molar-refractivity contribution in [1.82, 2.24) is 5.32 Å². The van der Waals surface area contributed by atoms with Crippen LogP contribution < -0.4 is 15.5 Å². The van der Waals surface area contributed by atoms with Gasteiger partial charge in [-0.15, -0.1) is 0 Å². The van der Waals surface area contributed by atoms with Gasteiger partial charge in [0.2, 0.25) is 0 Å². The molecule has 0 aliphatic carbocycles. The van der Waals surface area contributed by atoms with Crippen LogP contribution in [0.15, 0.2) is 54.6 Å². The fourth-order valence-electron chi connectivity index (χ4n) is 2.73. The van der Waals surface area contributed by atoms with E-state index in [-0.39, 0.29) is 5.91 Å². The Kier molecular flexibility index (Phi) is 4.88. The number of nitrogens with zero attached hydrogens (tertiary/aromatic N) is 1. The summed E-state index contributed by atoms with van der Waals surface area (Å²) in [6, 6.07) is 17.1. The predicted octanol–water partition coefficient (Wildman–Crippen LogP) is 3.41. The van der Waals surface area contributed by atoms with Gasteiger partial charge in [-0.05, 0) is 49.3 Å². The average molecular weight is 325 g/mol. The molecule has 0 atom stereocenters. The summed E-state index contributed by atoms with van der Waals surface area (Å²) in [5.41, 5.74) is 2.64. The Morgan fingerprint density at radius 2 is 1.61 bits per heavy atom. The lowest BCUT2D eigenvalue weighted by atomic mass is 10.2. The van der Waals surface area contributed by atoms with Crippen LogP contribution >= 0.6 is 12.2 Å². The van der Waals surface area contributed by atoms with E-state index in [1.807, 2.05) is 36.4 Å². The zero-order chi connectivity index (χ0) is 16.1. The molecule has 1 aliphatic heterocycles. The largest absolute Gasteiger partial charge is 0.370 e. The number of amides is 1. The molecule has 0 unspecified atom stereocenters. The van der Waals surface area contributed by atoms with Gasteiger partial charge in [-0.1, -0.05) is 30.3 Å². The zero-order valence-electron chi connectivity index (χ0n) is 12.8. The second kappa shape index (κ2) is 7.24. The second-order valence-electron chi connectivity index (χ2n) is 5.49. The average Bonchev–Trinajstić information content (AvgIpc) is 3.10. The highest BCUT2D eigenvalue weighted by molar-refractivity contribution is 7.80. The van der Waals surface area contributed by atoms with E-state index >= 15 is 0 Å². The minimum absolute atomic E-state index is 0.207. The molecule has 0 bridgehead atoms. The van der Waals surface area contributed by atoms with E-state index in [4.69, 9.17) is 12.2 Å². The van der Waals surface area contributed by atoms with Gasteiger partial charge in [0.25, 0.3) is 5.91 Å². The van der Waals surface area contributed by atoms with Gasteiger partial charge in [-0.25, -0.2) is 0 Å². The Bertz CT molecular complexity index is 696. The molecule has 118 valence electrons. The van der Waals surface area contributed by atoms with Gasteiger partial charge < -0.3 is 10.2 Å². The van der Waals surface area contributed by atoms with E-state index < -0.39 is 0 Å². The van der Waals surface area contributed by atoms with Gasteiger partial charge in [0.1, 0.15) is 0 Å². The van der Waals surface area contributed by atoms with Crippen molar-refractivity contribution in [1.29, 1.82) is 0 Å². The smallest absolute Gasteiger partial charge is 0.257 e. The summed E-state index contributed by atoms with van der Waals surface area (Å²) in [4.78, 5) is 14.5. The third-order valence-corrected chi connectivity index (χ3v) is 4.07. The summed E-state index contributed by atoms with van der Waals surface area (Å²) < 4.78 is 0. The van der Waals surface area contributed by atoms with Crippen LogP contribution in [-0.2, 0) is 0 Å². The Hall–Kier alpha value is -2.40. The third kappa shape index (κ3) is 3.87. The van der Waals surface area contributed by atoms with Crippen molar-refractivity contribution in [2.75, 3.05) is 23.3 Å². The Balaban J connectivity index is 1.67. The maximum atomic E-state index is 12.1. The van der Waals surface area contributed by atoms with Crippen LogP contribution in [0.4, 0.5) is 11.4 Å². The molecular weight excluding hydrogens is 306 g/mol. The first-order valence-electron chi connectivity index (χ1n) is 7.75. The van der Waals surface area contributed by atoms with Crippen molar-refractivity contribution >= 4 is 34.6 Å². The minimum atomic E-state index is -0.207. The lowest BCUT2D eigenvalue weighted by molar-refractivity contribution is 0.0977. The maximum absolute atomic E-state index is 12.1. The van der Waals surface area contributed by atoms with E-state index in [9.17, 15) is 4.79 Å². The molecule has 3 rings (SSSR count). The molecule has 0 saturated carbocycles. The summed E-state index contributed by atoms with van der Waals surface area (Å²) in [5.74, 6) is -0.207. The minimum Gasteiger partial charge on any atom is -0.370 e. The number of hydrogen-bond donors (Lipinski definition) is 2. The molecule has 1 saturated heterocycles. The highest BCUT2D eigenvalue weighted by Crippen LogP contribution is 2.28. The number of rotatable bonds is 3. The normalized spacial score (nSPS) is 13.7. The first-order chi connectivity index (χ1) is 11.2. The van der Waals surface area contributed by atoms with E-state index in [0.29, 0.717) is 10.7 Å². The van der Waals surface area contributed by atoms with Gasteiger partial charge >= 0.3 is 0 Å². The molecule has 0 spiro atoms. The van der Waals surface area contributed by atoms with Crippen LogP contribution in [0.3, 0.4) is 0 Å². The van der Waals surface area contributed by atoms with Crippen LogP contribution in [0.2, 0.25) is 0 Å². The number of hydrogen-bond acceptors (Lipinski definition) is 3. The maximum Gasteiger partial charge on any atom is 0.257 e. The SMILES string of the molecule is O=C(NC(=S)Nc1ccccc1N1CCCC1)c1ccccc1. The van der Waals surface area contributed by atoms with Gasteiger partial charge in [0.15, 0.2) is 5.11 Å². The zero-order valence-corrected chi connectivity index (χ0v) is 13.6. The highest BCUT2D eigenvalue weighted by atomic mass is 32.1. The molecule has 1 aliphatic rings. The van der Waals surface area contributed by atoms with Crippen LogP contribution in [-0.4, -0.2) is 24.1 Å². The van der Waals surface area contributed by atoms with Crippen LogP contribution in [0.5, 0.6) is 0 Å². The number of carbonyl (C=O) groups is 1. The molecule has 0 radical (unpaired) electrons. The van der Waals surface area contributed by atoms with E-state index in [1.54, 1.807) is 12.1 Å². The van der Waals surface area contributed by atoms with Crippen molar-refractivity contribution < 1.29 is 4.79 Å². The number of thiocarbonyl (C=S) groups is 1. The Morgan fingerprint density at radius 3 is 2.35 bits per heavy atom. The number of carbonyl (C=O) groups excluding carboxylic acids is 1. The van der Waals surface area contributed by atoms with Crippen LogP contribution in [0, 0.1) is 0 Å². The molecule has 4 nitrogen and oxygen atoms in total. The number of benzene rings is 2. The molecule has 1 fully saturated rings. The molecular formula is C18H19N3OS. The van der Waals surface area contributed by atoms with Gasteiger partial charge in [-0.2, -0.15) is 0 Å². The summed E-state index contributed by atoms with van der Waals surface area (Å²) in [5, 5.41) is 6.18. The molecule has 2 N–H and O–H groups in total. The molecule has 0 aromatic heterocycles. The highest BCUT2D eigenvalue weighted by Gasteiger charge is 2.16.